The van der Waals surface area contributed by atoms with Gasteiger partial charge in [0.1, 0.15) is 33.9 Å². The molecule has 0 saturated carbocycles. The monoisotopic (exact) mass is 831 g/mol. The molecule has 0 aliphatic carbocycles. The standard InChI is InChI=1S/C40H55BrFN5O6S/c1-28(37(48)30-24-23-29(42)27-31(30)41)54(49,50)46(26-16-14-12-10-8-9-11-13-15-25-40(2,3)4)39-45-44-38(32-19-17-22-35(43-32)53-7)47(39)36-33(51-5)20-18-21-34(36)52-6/h17-24,27-28,37,48H,8-16,25-26H2,1-7H3/t28-,37-/m1/s1. The van der Waals surface area contributed by atoms with Crippen molar-refractivity contribution < 1.29 is 32.1 Å². The van der Waals surface area contributed by atoms with Crippen molar-refractivity contribution in [3.05, 3.63) is 70.5 Å². The predicted octanol–water partition coefficient (Wildman–Crippen LogP) is 9.46. The van der Waals surface area contributed by atoms with Crippen molar-refractivity contribution in [2.45, 2.75) is 103 Å². The molecule has 0 fully saturated rings. The first-order chi connectivity index (χ1) is 25.7. The van der Waals surface area contributed by atoms with Crippen LogP contribution in [-0.4, -0.2) is 66.4 Å². The zero-order chi connectivity index (χ0) is 39.5. The fourth-order valence-electron chi connectivity index (χ4n) is 6.36. The number of sulfonamides is 1. The van der Waals surface area contributed by atoms with E-state index in [1.165, 1.54) is 82.9 Å². The van der Waals surface area contributed by atoms with Gasteiger partial charge in [-0.05, 0) is 61.1 Å². The molecule has 0 aliphatic heterocycles. The number of anilines is 1. The minimum atomic E-state index is -4.38. The molecule has 4 rings (SSSR count). The zero-order valence-corrected chi connectivity index (χ0v) is 34.9. The van der Waals surface area contributed by atoms with E-state index in [-0.39, 0.29) is 28.4 Å². The molecule has 11 nitrogen and oxygen atoms in total. The van der Waals surface area contributed by atoms with Crippen molar-refractivity contribution >= 4 is 31.9 Å². The molecule has 0 unspecified atom stereocenters. The summed E-state index contributed by atoms with van der Waals surface area (Å²) in [5.74, 6) is 0.727. The zero-order valence-electron chi connectivity index (χ0n) is 32.5. The fraction of sp³-hybridized carbons (Fsp3) is 0.525. The number of unbranched alkanes of at least 4 members (excludes halogenated alkanes) is 8. The Hall–Kier alpha value is -3.75. The molecule has 0 bridgehead atoms. The van der Waals surface area contributed by atoms with E-state index in [1.807, 2.05) is 0 Å². The van der Waals surface area contributed by atoms with Crippen LogP contribution in [-0.2, 0) is 10.0 Å². The van der Waals surface area contributed by atoms with E-state index in [0.29, 0.717) is 40.6 Å². The number of para-hydroxylation sites is 1. The number of hydrogen-bond acceptors (Lipinski definition) is 9. The van der Waals surface area contributed by atoms with Gasteiger partial charge in [-0.25, -0.2) is 22.1 Å². The van der Waals surface area contributed by atoms with Gasteiger partial charge < -0.3 is 19.3 Å². The van der Waals surface area contributed by atoms with Crippen LogP contribution in [0.5, 0.6) is 17.4 Å². The van der Waals surface area contributed by atoms with E-state index in [0.717, 1.165) is 25.7 Å². The van der Waals surface area contributed by atoms with Crippen LogP contribution in [0.15, 0.2) is 59.1 Å². The number of methoxy groups -OCH3 is 3. The van der Waals surface area contributed by atoms with Crippen LogP contribution in [0.1, 0.15) is 104 Å². The van der Waals surface area contributed by atoms with Gasteiger partial charge in [0.2, 0.25) is 21.9 Å². The van der Waals surface area contributed by atoms with Gasteiger partial charge in [0.25, 0.3) is 0 Å². The average Bonchev–Trinajstić information content (AvgIpc) is 3.57. The third-order valence-electron chi connectivity index (χ3n) is 9.45. The van der Waals surface area contributed by atoms with E-state index < -0.39 is 27.2 Å². The summed E-state index contributed by atoms with van der Waals surface area (Å²) in [7, 11) is 0.129. The highest BCUT2D eigenvalue weighted by Crippen LogP contribution is 2.40. The van der Waals surface area contributed by atoms with Crippen LogP contribution in [0, 0.1) is 11.2 Å². The lowest BCUT2D eigenvalue weighted by molar-refractivity contribution is 0.175. The number of ether oxygens (including phenoxy) is 3. The van der Waals surface area contributed by atoms with Gasteiger partial charge in [-0.2, -0.15) is 0 Å². The smallest absolute Gasteiger partial charge is 0.246 e. The number of aliphatic hydroxyl groups is 1. The lowest BCUT2D eigenvalue weighted by Crippen LogP contribution is -2.42. The largest absolute Gasteiger partial charge is 0.494 e. The number of hydrogen-bond donors (Lipinski definition) is 1. The van der Waals surface area contributed by atoms with Gasteiger partial charge in [0.05, 0.1) is 27.4 Å². The molecule has 1 N–H and O–H groups in total. The molecule has 2 atom stereocenters. The lowest BCUT2D eigenvalue weighted by Gasteiger charge is -2.30. The highest BCUT2D eigenvalue weighted by Gasteiger charge is 2.39. The van der Waals surface area contributed by atoms with E-state index >= 15 is 0 Å². The Morgan fingerprint density at radius 1 is 0.852 bits per heavy atom. The minimum absolute atomic E-state index is 0.0371. The quantitative estimate of drug-likeness (QED) is 0.0817. The third kappa shape index (κ3) is 10.9. The predicted molar refractivity (Wildman–Crippen MR) is 215 cm³/mol. The number of benzene rings is 2. The van der Waals surface area contributed by atoms with Crippen LogP contribution in [0.4, 0.5) is 10.3 Å². The van der Waals surface area contributed by atoms with Crippen LogP contribution >= 0.6 is 15.9 Å². The Morgan fingerprint density at radius 3 is 2.02 bits per heavy atom. The molecular formula is C40H55BrFN5O6S. The molecule has 2 aromatic heterocycles. The van der Waals surface area contributed by atoms with Crippen LogP contribution in [0.25, 0.3) is 17.2 Å². The Balaban J connectivity index is 1.71. The second-order valence-electron chi connectivity index (χ2n) is 14.7. The summed E-state index contributed by atoms with van der Waals surface area (Å²) in [5.41, 5.74) is 1.33. The molecule has 0 spiro atoms. The first kappa shape index (κ1) is 43.0. The molecular weight excluding hydrogens is 777 g/mol. The molecule has 2 aromatic carbocycles. The fourth-order valence-corrected chi connectivity index (χ4v) is 8.55. The topological polar surface area (TPSA) is 129 Å². The number of halogens is 2. The second-order valence-corrected chi connectivity index (χ2v) is 17.7. The first-order valence-electron chi connectivity index (χ1n) is 18.6. The van der Waals surface area contributed by atoms with Crippen molar-refractivity contribution in [1.29, 1.82) is 0 Å². The number of aromatic nitrogens is 4. The van der Waals surface area contributed by atoms with Crippen molar-refractivity contribution in [3.63, 3.8) is 0 Å². The Kier molecular flexibility index (Phi) is 15.7. The molecule has 54 heavy (non-hydrogen) atoms. The maximum atomic E-state index is 14.8. The number of pyridine rings is 1. The number of aliphatic hydroxyl groups excluding tert-OH is 1. The van der Waals surface area contributed by atoms with Crippen LogP contribution in [0.3, 0.4) is 0 Å². The molecule has 14 heteroatoms. The summed E-state index contributed by atoms with van der Waals surface area (Å²) in [6, 6.07) is 14.1. The van der Waals surface area contributed by atoms with E-state index in [2.05, 4.69) is 51.9 Å². The van der Waals surface area contributed by atoms with Gasteiger partial charge in [-0.15, -0.1) is 10.2 Å². The molecule has 0 amide bonds. The van der Waals surface area contributed by atoms with E-state index in [1.54, 1.807) is 41.0 Å². The highest BCUT2D eigenvalue weighted by molar-refractivity contribution is 9.10. The molecule has 4 aromatic rings. The van der Waals surface area contributed by atoms with Crippen molar-refractivity contribution in [2.24, 2.45) is 5.41 Å². The highest BCUT2D eigenvalue weighted by atomic mass is 79.9. The van der Waals surface area contributed by atoms with Crippen molar-refractivity contribution in [2.75, 3.05) is 32.2 Å². The Bertz CT molecular complexity index is 1900. The summed E-state index contributed by atoms with van der Waals surface area (Å²) in [5, 5.41) is 19.1. The normalized spacial score (nSPS) is 13.1. The summed E-state index contributed by atoms with van der Waals surface area (Å²) >= 11 is 3.30. The lowest BCUT2D eigenvalue weighted by atomic mass is 9.89. The Labute approximate surface area is 328 Å². The van der Waals surface area contributed by atoms with Gasteiger partial charge in [0, 0.05) is 17.1 Å². The van der Waals surface area contributed by atoms with E-state index in [9.17, 15) is 17.9 Å². The maximum absolute atomic E-state index is 14.8. The van der Waals surface area contributed by atoms with Crippen LogP contribution < -0.4 is 18.5 Å². The maximum Gasteiger partial charge on any atom is 0.246 e. The van der Waals surface area contributed by atoms with Gasteiger partial charge in [-0.1, -0.05) is 106 Å². The summed E-state index contributed by atoms with van der Waals surface area (Å²) in [6.07, 6.45) is 9.07. The Morgan fingerprint density at radius 2 is 1.44 bits per heavy atom. The average molecular weight is 833 g/mol. The molecule has 0 aliphatic rings. The SMILES string of the molecule is COc1cccc(-c2nnc(N(CCCCCCCCCCCC(C)(C)C)S(=O)(=O)[C@H](C)[C@@H](O)c3ccc(F)cc3Br)n2-c2c(OC)cccc2OC)n1. The number of nitrogens with zero attached hydrogens (tertiary/aromatic N) is 5. The summed E-state index contributed by atoms with van der Waals surface area (Å²) in [4.78, 5) is 4.58. The van der Waals surface area contributed by atoms with Crippen molar-refractivity contribution in [3.8, 4) is 34.6 Å². The number of rotatable bonds is 21. The molecule has 2 heterocycles. The molecule has 0 saturated heterocycles. The van der Waals surface area contributed by atoms with Gasteiger partial charge in [-0.3, -0.25) is 4.57 Å². The third-order valence-corrected chi connectivity index (χ3v) is 12.3. The van der Waals surface area contributed by atoms with Crippen LogP contribution in [0.2, 0.25) is 0 Å². The summed E-state index contributed by atoms with van der Waals surface area (Å²) in [6.45, 7) is 8.32. The molecule has 0 radical (unpaired) electrons. The van der Waals surface area contributed by atoms with E-state index in [4.69, 9.17) is 14.2 Å². The summed E-state index contributed by atoms with van der Waals surface area (Å²) < 4.78 is 63.6. The first-order valence-corrected chi connectivity index (χ1v) is 20.9. The minimum Gasteiger partial charge on any atom is -0.494 e. The molecule has 296 valence electrons. The van der Waals surface area contributed by atoms with Gasteiger partial charge in [0.15, 0.2) is 5.82 Å². The van der Waals surface area contributed by atoms with Crippen molar-refractivity contribution in [1.82, 2.24) is 19.7 Å². The second kappa shape index (κ2) is 19.7. The van der Waals surface area contributed by atoms with Gasteiger partial charge >= 0.3 is 0 Å².